The normalized spacial score (nSPS) is 18.1. The molecule has 0 aromatic carbocycles. The number of rotatable bonds is 82. The highest BCUT2D eigenvalue weighted by atomic mass is 31.2. The second-order valence-electron chi connectivity index (χ2n) is 38.3. The van der Waals surface area contributed by atoms with Crippen LogP contribution in [0.1, 0.15) is 397 Å². The van der Waals surface area contributed by atoms with Gasteiger partial charge in [-0.15, -0.1) is 0 Å². The molecule has 1 fully saturated rings. The van der Waals surface area contributed by atoms with Crippen LogP contribution in [0.4, 0.5) is 0 Å². The molecule has 12 atom stereocenters. The van der Waals surface area contributed by atoms with Crippen molar-refractivity contribution in [2.45, 2.75) is 409 Å². The number of likely N-dealkylation sites (N-methyl/N-ethyl adjacent to an activating group) is 2. The molecule has 0 aromatic heterocycles. The van der Waals surface area contributed by atoms with Crippen LogP contribution in [-0.2, 0) is 37.0 Å². The average Bonchev–Trinajstić information content (AvgIpc) is 1.90. The van der Waals surface area contributed by atoms with Gasteiger partial charge in [-0.1, -0.05) is 365 Å². The molecule has 0 aliphatic heterocycles. The Balaban J connectivity index is 2.11. The Morgan fingerprint density at radius 1 is 0.290 bits per heavy atom. The molecule has 14 nitrogen and oxygen atoms in total. The summed E-state index contributed by atoms with van der Waals surface area (Å²) in [5.41, 5.74) is 0. The Morgan fingerprint density at radius 2 is 0.533 bits per heavy atom. The molecule has 1 saturated carbocycles. The van der Waals surface area contributed by atoms with Gasteiger partial charge in [0.25, 0.3) is 0 Å². The van der Waals surface area contributed by atoms with Gasteiger partial charge in [-0.2, -0.15) is 27.9 Å². The second kappa shape index (κ2) is 68.4. The lowest BCUT2D eigenvalue weighted by molar-refractivity contribution is -0.870. The minimum atomic E-state index is -4.19. The molecule has 107 heavy (non-hydrogen) atoms. The highest BCUT2D eigenvalue weighted by Crippen LogP contribution is 2.48. The van der Waals surface area contributed by atoms with Gasteiger partial charge in [0, 0.05) is 26.4 Å². The van der Waals surface area contributed by atoms with E-state index in [1.165, 1.54) is 302 Å². The van der Waals surface area contributed by atoms with E-state index in [1.54, 1.807) is 0 Å². The highest BCUT2D eigenvalue weighted by molar-refractivity contribution is 7.53. The zero-order valence-corrected chi connectivity index (χ0v) is 76.0. The molecule has 2 N–H and O–H groups in total. The third-order valence-corrected chi connectivity index (χ3v) is 25.4. The molecule has 2 unspecified atom stereocenters. The summed E-state index contributed by atoms with van der Waals surface area (Å²) in [6.45, 7) is 28.4. The van der Waals surface area contributed by atoms with Crippen LogP contribution in [0.2, 0.25) is 0 Å². The van der Waals surface area contributed by atoms with E-state index in [0.29, 0.717) is 73.5 Å². The first kappa shape index (κ1) is 105. The van der Waals surface area contributed by atoms with Crippen molar-refractivity contribution in [1.82, 2.24) is 0 Å². The van der Waals surface area contributed by atoms with Crippen molar-refractivity contribution in [2.75, 3.05) is 121 Å². The number of quaternary nitrogens is 2. The maximum atomic E-state index is 12.7. The average molecular weight is 1560 g/mol. The Morgan fingerprint density at radius 3 is 0.794 bits per heavy atom. The van der Waals surface area contributed by atoms with E-state index in [9.17, 15) is 19.6 Å². The summed E-state index contributed by atoms with van der Waals surface area (Å²) in [6, 6.07) is 0. The van der Waals surface area contributed by atoms with Gasteiger partial charge in [-0.3, -0.25) is 0 Å². The quantitative estimate of drug-likeness (QED) is 0.0337. The molecule has 1 aliphatic carbocycles. The Hall–Kier alpha value is 0.300. The molecule has 0 radical (unpaired) electrons. The number of hydrogen-bond donors (Lipinski definition) is 2. The minimum Gasteiger partial charge on any atom is -0.606 e. The number of phosphoric ester groups is 2. The molecule has 1 rings (SSSR count). The summed E-state index contributed by atoms with van der Waals surface area (Å²) in [6.07, 6.45) is 67.0. The summed E-state index contributed by atoms with van der Waals surface area (Å²) in [5.74, 6) is 8.04. The van der Waals surface area contributed by atoms with Crippen molar-refractivity contribution in [3.63, 3.8) is 0 Å². The fraction of sp³-hybridized carbons (Fsp3) is 1.00. The lowest BCUT2D eigenvalue weighted by Crippen LogP contribution is -2.38. The van der Waals surface area contributed by atoms with E-state index in [-0.39, 0.29) is 26.4 Å². The zero-order chi connectivity index (χ0) is 79.1. The van der Waals surface area contributed by atoms with E-state index in [1.807, 2.05) is 42.3 Å². The summed E-state index contributed by atoms with van der Waals surface area (Å²) in [4.78, 5) is 46.3. The largest absolute Gasteiger partial charge is 0.606 e. The lowest BCUT2D eigenvalue weighted by atomic mass is 9.91. The number of phosphoric acid groups is 2. The van der Waals surface area contributed by atoms with Gasteiger partial charge in [-0.25, -0.2) is 0 Å². The van der Waals surface area contributed by atoms with E-state index >= 15 is 0 Å². The summed E-state index contributed by atoms with van der Waals surface area (Å²) in [5, 5.41) is 0. The van der Waals surface area contributed by atoms with E-state index in [4.69, 9.17) is 37.0 Å². The van der Waals surface area contributed by atoms with Crippen molar-refractivity contribution in [3.05, 3.63) is 0 Å². The van der Waals surface area contributed by atoms with Crippen LogP contribution < -0.4 is 9.79 Å². The van der Waals surface area contributed by atoms with Gasteiger partial charge in [0.2, 0.25) is 0 Å². The highest BCUT2D eigenvalue weighted by Gasteiger charge is 2.32. The van der Waals surface area contributed by atoms with Gasteiger partial charge in [0.05, 0.1) is 55.5 Å². The van der Waals surface area contributed by atoms with Gasteiger partial charge in [0.1, 0.15) is 51.7 Å². The van der Waals surface area contributed by atoms with Crippen LogP contribution >= 0.6 is 16.3 Å². The zero-order valence-electron chi connectivity index (χ0n) is 74.2. The number of unbranched alkanes of at least 4 members (excludes halogenated alkanes) is 24. The van der Waals surface area contributed by atoms with Crippen molar-refractivity contribution in [1.29, 1.82) is 0 Å². The van der Waals surface area contributed by atoms with Crippen LogP contribution in [-0.4, -0.2) is 152 Å². The first-order valence-electron chi connectivity index (χ1n) is 46.2. The van der Waals surface area contributed by atoms with E-state index in [2.05, 4.69) is 69.2 Å². The summed E-state index contributed by atoms with van der Waals surface area (Å²) in [7, 11) is 3.79. The second-order valence-corrected chi connectivity index (χ2v) is 41.2. The predicted octanol–water partition coefficient (Wildman–Crippen LogP) is 24.6. The van der Waals surface area contributed by atoms with Crippen molar-refractivity contribution in [3.8, 4) is 0 Å². The third-order valence-electron chi connectivity index (χ3n) is 23.4. The molecular formula is C91H188N2O12P2+2. The molecule has 0 spiro atoms. The molecule has 0 heterocycles. The fourth-order valence-corrected chi connectivity index (χ4v) is 17.1. The van der Waals surface area contributed by atoms with Crippen LogP contribution in [0, 0.1) is 59.2 Å². The summed E-state index contributed by atoms with van der Waals surface area (Å²) >= 11 is 0. The smallest absolute Gasteiger partial charge is 0.377 e. The maximum absolute atomic E-state index is 12.7. The molecule has 1 aliphatic rings. The Labute approximate surface area is 667 Å². The minimum absolute atomic E-state index is 0.0235. The third kappa shape index (κ3) is 73.7. The summed E-state index contributed by atoms with van der Waals surface area (Å²) < 4.78 is 47.5. The van der Waals surface area contributed by atoms with Crippen LogP contribution in [0.15, 0.2) is 0 Å². The molecular weight excluding hydrogens is 1370 g/mol. The van der Waals surface area contributed by atoms with Crippen LogP contribution in [0.5, 0.6) is 0 Å². The number of nitrogens with zero attached hydrogens (tertiary/aromatic N) is 2. The molecule has 16 heteroatoms. The molecule has 642 valence electrons. The van der Waals surface area contributed by atoms with Gasteiger partial charge >= 0.3 is 16.3 Å². The molecule has 0 bridgehead atoms. The van der Waals surface area contributed by atoms with Crippen LogP contribution in [0.25, 0.3) is 0 Å². The number of ether oxygens (including phenoxy) is 4. The lowest BCUT2D eigenvalue weighted by Gasteiger charge is -2.26. The molecule has 0 amide bonds. The van der Waals surface area contributed by atoms with E-state index in [0.717, 1.165) is 73.0 Å². The van der Waals surface area contributed by atoms with Gasteiger partial charge in [-0.05, 0) is 91.3 Å². The standard InChI is InChI=1S/C91H186N2O12P2/c1-80(2)49-43-51-82(5)53-45-55-84(7)57-47-59-86(9)65-71-100-90(78-104-106(94,95)102-73-67-92(11,12)13)76-98-69-41-37-33-29-25-21-17-19-23-27-31-35-39-61-88-63-64-89(75-88)62-40-36-32-28-24-20-18-22-26-30-34-38-42-70-99-77-91(79-105-107(96,97)103-74-68-93(14,15)16)101-72-66-87(10)60-48-58-85(8)56-46-54-83(6)52-44-50-81(3)4/h80-91H,17-79H2,1-16H3/p+2/t82-,83-,84-,85-,86+,87+,88-,89+,90+,91+/m1/s1. The fourth-order valence-electron chi connectivity index (χ4n) is 15.6. The van der Waals surface area contributed by atoms with Crippen LogP contribution in [0.3, 0.4) is 0 Å². The first-order valence-corrected chi connectivity index (χ1v) is 49.2. The molecule has 0 saturated heterocycles. The number of hydrogen-bond acceptors (Lipinski definition) is 12. The van der Waals surface area contributed by atoms with Crippen molar-refractivity contribution < 1.29 is 65.6 Å². The van der Waals surface area contributed by atoms with Gasteiger partial charge < -0.3 is 37.7 Å². The van der Waals surface area contributed by atoms with E-state index < -0.39 is 28.5 Å². The predicted molar refractivity (Wildman–Crippen MR) is 456 cm³/mol. The topological polar surface area (TPSA) is 160 Å². The monoisotopic (exact) mass is 1560 g/mol. The Kier molecular flexibility index (Phi) is 67.3. The maximum Gasteiger partial charge on any atom is 0.377 e. The Bertz CT molecular complexity index is 1760. The SMILES string of the molecule is CC(C)CCC[C@@H](C)CCC[C@@H](C)CCC[C@H](C)CCO[C@@H](COCCCCCCCCCCCCCCC[C@@H]1CC[C@H](CCCCCCCCCCCCCCCOC[C@@H](CO[P+]([O-])(O)OCC[N+](C)(C)C)OCC[C@@H](C)CCC[C@H](C)CCC[C@H](C)CCCC(C)C)C1)CO[P+]([O-])(O)OCC[N+](C)(C)C. The van der Waals surface area contributed by atoms with Crippen molar-refractivity contribution in [2.24, 2.45) is 59.2 Å². The van der Waals surface area contributed by atoms with Crippen molar-refractivity contribution >= 4 is 16.3 Å². The van der Waals surface area contributed by atoms with Gasteiger partial charge in [0.15, 0.2) is 0 Å². The molecule has 0 aromatic rings. The first-order chi connectivity index (χ1) is 51.0.